The third-order valence-corrected chi connectivity index (χ3v) is 5.27. The molecule has 1 heterocycles. The molecule has 0 aliphatic heterocycles. The van der Waals surface area contributed by atoms with Crippen molar-refractivity contribution in [3.05, 3.63) is 44.3 Å². The van der Waals surface area contributed by atoms with E-state index in [0.717, 1.165) is 52.7 Å². The molecular formula is C18H26BrIN4OS. The van der Waals surface area contributed by atoms with Gasteiger partial charge in [-0.25, -0.2) is 9.98 Å². The number of thiazole rings is 1. The zero-order valence-corrected chi connectivity index (χ0v) is 20.1. The van der Waals surface area contributed by atoms with Crippen molar-refractivity contribution in [3.63, 3.8) is 0 Å². The lowest BCUT2D eigenvalue weighted by Crippen LogP contribution is -2.38. The summed E-state index contributed by atoms with van der Waals surface area (Å²) in [6.07, 6.45) is 3.91. The maximum absolute atomic E-state index is 5.41. The van der Waals surface area contributed by atoms with Gasteiger partial charge in [0, 0.05) is 40.6 Å². The second kappa shape index (κ2) is 12.5. The van der Waals surface area contributed by atoms with Crippen molar-refractivity contribution in [2.45, 2.75) is 33.2 Å². The fraction of sp³-hybridized carbons (Fsp3) is 0.444. The molecule has 5 nitrogen and oxygen atoms in total. The quantitative estimate of drug-likeness (QED) is 0.290. The van der Waals surface area contributed by atoms with Gasteiger partial charge in [-0.1, -0.05) is 22.9 Å². The van der Waals surface area contributed by atoms with Gasteiger partial charge in [-0.15, -0.1) is 35.3 Å². The predicted octanol–water partition coefficient (Wildman–Crippen LogP) is 4.39. The van der Waals surface area contributed by atoms with Crippen LogP contribution in [0.3, 0.4) is 0 Å². The number of aryl methyl sites for hydroxylation is 1. The first-order chi connectivity index (χ1) is 12.2. The normalized spacial score (nSPS) is 11.0. The molecule has 8 heteroatoms. The Balaban J connectivity index is 0.00000338. The molecule has 1 aromatic heterocycles. The minimum Gasteiger partial charge on any atom is -0.496 e. The number of nitrogens with one attached hydrogen (secondary N) is 2. The largest absolute Gasteiger partial charge is 0.496 e. The molecule has 2 N–H and O–H groups in total. The number of nitrogens with zero attached hydrogens (tertiary/aromatic N) is 2. The molecule has 0 atom stereocenters. The van der Waals surface area contributed by atoms with Crippen LogP contribution in [0.15, 0.2) is 33.9 Å². The van der Waals surface area contributed by atoms with Crippen molar-refractivity contribution in [3.8, 4) is 5.75 Å². The van der Waals surface area contributed by atoms with Crippen LogP contribution >= 0.6 is 51.2 Å². The maximum Gasteiger partial charge on any atom is 0.191 e. The van der Waals surface area contributed by atoms with E-state index in [2.05, 4.69) is 50.4 Å². The number of hydrogen-bond acceptors (Lipinski definition) is 4. The number of halogens is 2. The lowest BCUT2D eigenvalue weighted by molar-refractivity contribution is 0.409. The summed E-state index contributed by atoms with van der Waals surface area (Å²) in [5, 5.41) is 7.81. The first kappa shape index (κ1) is 23.2. The first-order valence-corrected chi connectivity index (χ1v) is 10.0. The Morgan fingerprint density at radius 3 is 2.77 bits per heavy atom. The van der Waals surface area contributed by atoms with Crippen molar-refractivity contribution in [2.24, 2.45) is 4.99 Å². The molecule has 0 aliphatic carbocycles. The number of benzene rings is 1. The molecule has 0 spiro atoms. The van der Waals surface area contributed by atoms with Crippen molar-refractivity contribution < 1.29 is 4.74 Å². The minimum atomic E-state index is 0. The molecule has 2 aromatic rings. The molecule has 0 bridgehead atoms. The Labute approximate surface area is 185 Å². The highest BCUT2D eigenvalue weighted by molar-refractivity contribution is 14.0. The number of aromatic nitrogens is 1. The van der Waals surface area contributed by atoms with Gasteiger partial charge in [0.1, 0.15) is 5.75 Å². The molecule has 0 radical (unpaired) electrons. The highest BCUT2D eigenvalue weighted by Gasteiger charge is 2.05. The van der Waals surface area contributed by atoms with Gasteiger partial charge in [0.15, 0.2) is 5.96 Å². The van der Waals surface area contributed by atoms with E-state index in [0.29, 0.717) is 6.54 Å². The zero-order valence-electron chi connectivity index (χ0n) is 15.3. The van der Waals surface area contributed by atoms with Crippen LogP contribution in [0.1, 0.15) is 29.3 Å². The monoisotopic (exact) mass is 552 g/mol. The number of guanidine groups is 1. The fourth-order valence-electron chi connectivity index (χ4n) is 2.29. The standard InChI is InChI=1S/C18H25BrN4OS.HI/c1-4-15-12-22-17(25-15)8-9-21-18(20-5-2)23-11-13-10-14(19)6-7-16(13)24-3;/h6-7,10,12H,4-5,8-9,11H2,1-3H3,(H2,20,21,23);1H. The van der Waals surface area contributed by atoms with Crippen LogP contribution in [0.25, 0.3) is 0 Å². The summed E-state index contributed by atoms with van der Waals surface area (Å²) >= 11 is 5.28. The SMILES string of the molecule is CCNC(=NCc1cc(Br)ccc1OC)NCCc1ncc(CC)s1.I. The van der Waals surface area contributed by atoms with E-state index < -0.39 is 0 Å². The minimum absolute atomic E-state index is 0. The average Bonchev–Trinajstić information content (AvgIpc) is 3.08. The van der Waals surface area contributed by atoms with E-state index in [1.807, 2.05) is 24.4 Å². The van der Waals surface area contributed by atoms with Gasteiger partial charge in [0.2, 0.25) is 0 Å². The molecule has 1 aromatic carbocycles. The van der Waals surface area contributed by atoms with E-state index in [9.17, 15) is 0 Å². The Kier molecular flexibility index (Phi) is 11.1. The lowest BCUT2D eigenvalue weighted by Gasteiger charge is -2.12. The Hall–Kier alpha value is -0.870. The Bertz CT molecular complexity index is 708. The number of methoxy groups -OCH3 is 1. The van der Waals surface area contributed by atoms with Gasteiger partial charge in [-0.3, -0.25) is 0 Å². The van der Waals surface area contributed by atoms with Crippen LogP contribution in [0.4, 0.5) is 0 Å². The number of hydrogen-bond donors (Lipinski definition) is 2. The number of rotatable bonds is 8. The third-order valence-electron chi connectivity index (χ3n) is 3.58. The molecule has 26 heavy (non-hydrogen) atoms. The van der Waals surface area contributed by atoms with E-state index in [-0.39, 0.29) is 24.0 Å². The summed E-state index contributed by atoms with van der Waals surface area (Å²) in [5.41, 5.74) is 1.04. The Morgan fingerprint density at radius 1 is 1.31 bits per heavy atom. The van der Waals surface area contributed by atoms with Gasteiger partial charge < -0.3 is 15.4 Å². The summed E-state index contributed by atoms with van der Waals surface area (Å²) < 4.78 is 6.43. The lowest BCUT2D eigenvalue weighted by atomic mass is 10.2. The zero-order chi connectivity index (χ0) is 18.1. The number of ether oxygens (including phenoxy) is 1. The van der Waals surface area contributed by atoms with Crippen LogP contribution in [-0.4, -0.2) is 31.1 Å². The van der Waals surface area contributed by atoms with E-state index in [4.69, 9.17) is 4.74 Å². The predicted molar refractivity (Wildman–Crippen MR) is 124 cm³/mol. The molecule has 0 amide bonds. The van der Waals surface area contributed by atoms with Crippen molar-refractivity contribution in [1.82, 2.24) is 15.6 Å². The van der Waals surface area contributed by atoms with Crippen molar-refractivity contribution >= 4 is 57.2 Å². The van der Waals surface area contributed by atoms with Crippen LogP contribution in [0, 0.1) is 0 Å². The molecule has 0 aliphatic rings. The highest BCUT2D eigenvalue weighted by Crippen LogP contribution is 2.23. The van der Waals surface area contributed by atoms with E-state index in [1.54, 1.807) is 18.4 Å². The maximum atomic E-state index is 5.41. The van der Waals surface area contributed by atoms with Crippen molar-refractivity contribution in [1.29, 1.82) is 0 Å². The molecule has 0 fully saturated rings. The molecule has 2 rings (SSSR count). The molecular weight excluding hydrogens is 527 g/mol. The highest BCUT2D eigenvalue weighted by atomic mass is 127. The van der Waals surface area contributed by atoms with Gasteiger partial charge in [-0.05, 0) is 31.5 Å². The number of aliphatic imine (C=N–C) groups is 1. The molecule has 144 valence electrons. The summed E-state index contributed by atoms with van der Waals surface area (Å²) in [6, 6.07) is 5.95. The molecule has 0 saturated heterocycles. The van der Waals surface area contributed by atoms with Gasteiger partial charge >= 0.3 is 0 Å². The van der Waals surface area contributed by atoms with Crippen LogP contribution in [-0.2, 0) is 19.4 Å². The fourth-order valence-corrected chi connectivity index (χ4v) is 3.56. The second-order valence-corrected chi connectivity index (χ2v) is 7.52. The summed E-state index contributed by atoms with van der Waals surface area (Å²) in [4.78, 5) is 10.4. The third kappa shape index (κ3) is 7.40. The smallest absolute Gasteiger partial charge is 0.191 e. The van der Waals surface area contributed by atoms with E-state index >= 15 is 0 Å². The van der Waals surface area contributed by atoms with Crippen LogP contribution in [0.5, 0.6) is 5.75 Å². The second-order valence-electron chi connectivity index (χ2n) is 5.40. The van der Waals surface area contributed by atoms with Crippen molar-refractivity contribution in [2.75, 3.05) is 20.2 Å². The molecule has 0 unspecified atom stereocenters. The summed E-state index contributed by atoms with van der Waals surface area (Å²) in [5.74, 6) is 1.65. The summed E-state index contributed by atoms with van der Waals surface area (Å²) in [7, 11) is 1.68. The first-order valence-electron chi connectivity index (χ1n) is 8.44. The van der Waals surface area contributed by atoms with Gasteiger partial charge in [0.25, 0.3) is 0 Å². The van der Waals surface area contributed by atoms with Crippen LogP contribution < -0.4 is 15.4 Å². The van der Waals surface area contributed by atoms with Crippen LogP contribution in [0.2, 0.25) is 0 Å². The summed E-state index contributed by atoms with van der Waals surface area (Å²) in [6.45, 7) is 6.39. The van der Waals surface area contributed by atoms with E-state index in [1.165, 1.54) is 4.88 Å². The molecule has 0 saturated carbocycles. The van der Waals surface area contributed by atoms with Gasteiger partial charge in [-0.2, -0.15) is 0 Å². The Morgan fingerprint density at radius 2 is 2.12 bits per heavy atom. The average molecular weight is 553 g/mol. The van der Waals surface area contributed by atoms with Gasteiger partial charge in [0.05, 0.1) is 18.7 Å². The topological polar surface area (TPSA) is 58.5 Å².